The zero-order valence-corrected chi connectivity index (χ0v) is 14.9. The first-order chi connectivity index (χ1) is 12.6. The van der Waals surface area contributed by atoms with Gasteiger partial charge in [-0.1, -0.05) is 19.1 Å². The van der Waals surface area contributed by atoms with Crippen molar-refractivity contribution in [1.29, 1.82) is 0 Å². The summed E-state index contributed by atoms with van der Waals surface area (Å²) in [6.07, 6.45) is 4.72. The van der Waals surface area contributed by atoms with E-state index in [4.69, 9.17) is 0 Å². The van der Waals surface area contributed by atoms with Crippen LogP contribution in [0.25, 0.3) is 0 Å². The van der Waals surface area contributed by atoms with Gasteiger partial charge < -0.3 is 9.47 Å². The first-order valence-corrected chi connectivity index (χ1v) is 8.85. The van der Waals surface area contributed by atoms with Gasteiger partial charge >= 0.3 is 0 Å². The summed E-state index contributed by atoms with van der Waals surface area (Å²) >= 11 is 0. The molecule has 1 aromatic carbocycles. The largest absolute Gasteiger partial charge is 0.336 e. The van der Waals surface area contributed by atoms with Crippen LogP contribution in [0.3, 0.4) is 0 Å². The number of aryl methyl sites for hydroxylation is 1. The number of nitro benzene ring substituents is 1. The summed E-state index contributed by atoms with van der Waals surface area (Å²) in [6, 6.07) is 6.14. The molecule has 1 amide bonds. The molecule has 0 bridgehead atoms. The summed E-state index contributed by atoms with van der Waals surface area (Å²) in [5.74, 6) is 0.815. The summed E-state index contributed by atoms with van der Waals surface area (Å²) in [7, 11) is 0. The number of hydrogen-bond donors (Lipinski definition) is 0. The zero-order chi connectivity index (χ0) is 18.5. The summed E-state index contributed by atoms with van der Waals surface area (Å²) < 4.78 is 2.16. The molecule has 8 heteroatoms. The molecule has 2 aromatic rings. The lowest BCUT2D eigenvalue weighted by Crippen LogP contribution is -2.49. The number of imidazole rings is 1. The second-order valence-corrected chi connectivity index (χ2v) is 6.30. The Bertz CT molecular complexity index is 781. The van der Waals surface area contributed by atoms with E-state index >= 15 is 0 Å². The number of carbonyl (C=O) groups is 1. The van der Waals surface area contributed by atoms with Gasteiger partial charge in [0.15, 0.2) is 0 Å². The van der Waals surface area contributed by atoms with Crippen LogP contribution in [0.4, 0.5) is 5.69 Å². The number of nitro groups is 1. The highest BCUT2D eigenvalue weighted by atomic mass is 16.6. The lowest BCUT2D eigenvalue weighted by molar-refractivity contribution is -0.385. The topological polar surface area (TPSA) is 84.5 Å². The predicted octanol–water partition coefficient (Wildman–Crippen LogP) is 1.81. The fourth-order valence-electron chi connectivity index (χ4n) is 3.27. The number of para-hydroxylation sites is 1. The number of nitrogens with zero attached hydrogens (tertiary/aromatic N) is 5. The average molecular weight is 357 g/mol. The second-order valence-electron chi connectivity index (χ2n) is 6.30. The van der Waals surface area contributed by atoms with Crippen molar-refractivity contribution in [3.63, 3.8) is 0 Å². The molecule has 1 aromatic heterocycles. The molecule has 26 heavy (non-hydrogen) atoms. The van der Waals surface area contributed by atoms with Crippen LogP contribution in [-0.4, -0.2) is 62.9 Å². The average Bonchev–Trinajstić information content (AvgIpc) is 3.13. The van der Waals surface area contributed by atoms with Gasteiger partial charge in [-0.15, -0.1) is 0 Å². The number of rotatable bonds is 6. The molecule has 0 N–H and O–H groups in total. The molecule has 1 aliphatic rings. The molecular weight excluding hydrogens is 334 g/mol. The SMILES string of the molecule is CCc1nccn1CCN1CCN(C(=O)c2ccccc2[N+](=O)[O-])CC1. The first kappa shape index (κ1) is 18.1. The van der Waals surface area contributed by atoms with Crippen LogP contribution < -0.4 is 0 Å². The number of benzene rings is 1. The van der Waals surface area contributed by atoms with Gasteiger partial charge in [-0.05, 0) is 6.07 Å². The number of aromatic nitrogens is 2. The standard InChI is InChI=1S/C18H23N5O3/c1-2-17-19-7-8-21(17)12-9-20-10-13-22(14-11-20)18(24)15-5-3-4-6-16(15)23(25)26/h3-8H,2,9-14H2,1H3. The predicted molar refractivity (Wildman–Crippen MR) is 97.0 cm³/mol. The fourth-order valence-corrected chi connectivity index (χ4v) is 3.27. The van der Waals surface area contributed by atoms with Crippen LogP contribution in [0, 0.1) is 10.1 Å². The molecule has 2 heterocycles. The maximum atomic E-state index is 12.7. The molecule has 0 unspecified atom stereocenters. The van der Waals surface area contributed by atoms with Crippen molar-refractivity contribution in [2.24, 2.45) is 0 Å². The summed E-state index contributed by atoms with van der Waals surface area (Å²) in [6.45, 7) is 6.56. The molecular formula is C18H23N5O3. The normalized spacial score (nSPS) is 15.2. The van der Waals surface area contributed by atoms with E-state index in [1.807, 2.05) is 12.4 Å². The van der Waals surface area contributed by atoms with E-state index in [0.29, 0.717) is 13.1 Å². The van der Waals surface area contributed by atoms with Gasteiger partial charge in [-0.25, -0.2) is 4.98 Å². The number of amides is 1. The minimum absolute atomic E-state index is 0.132. The van der Waals surface area contributed by atoms with Crippen LogP contribution in [0.1, 0.15) is 23.1 Å². The Kier molecular flexibility index (Phi) is 5.62. The quantitative estimate of drug-likeness (QED) is 0.581. The molecule has 0 spiro atoms. The molecule has 1 saturated heterocycles. The van der Waals surface area contributed by atoms with Crippen LogP contribution >= 0.6 is 0 Å². The maximum absolute atomic E-state index is 12.7. The molecule has 1 aliphatic heterocycles. The Morgan fingerprint density at radius 2 is 1.92 bits per heavy atom. The summed E-state index contributed by atoms with van der Waals surface area (Å²) in [5, 5.41) is 11.1. The van der Waals surface area contributed by atoms with Crippen molar-refractivity contribution in [1.82, 2.24) is 19.4 Å². The minimum Gasteiger partial charge on any atom is -0.336 e. The molecule has 138 valence electrons. The van der Waals surface area contributed by atoms with E-state index in [9.17, 15) is 14.9 Å². The van der Waals surface area contributed by atoms with Gasteiger partial charge in [0.05, 0.1) is 4.92 Å². The Balaban J connectivity index is 1.55. The molecule has 0 radical (unpaired) electrons. The minimum atomic E-state index is -0.500. The van der Waals surface area contributed by atoms with Crippen molar-refractivity contribution in [3.8, 4) is 0 Å². The lowest BCUT2D eigenvalue weighted by atomic mass is 10.1. The Morgan fingerprint density at radius 3 is 2.62 bits per heavy atom. The van der Waals surface area contributed by atoms with Gasteiger partial charge in [0, 0.05) is 64.1 Å². The Morgan fingerprint density at radius 1 is 1.19 bits per heavy atom. The van der Waals surface area contributed by atoms with Gasteiger partial charge in [-0.2, -0.15) is 0 Å². The van der Waals surface area contributed by atoms with E-state index in [1.54, 1.807) is 17.0 Å². The zero-order valence-electron chi connectivity index (χ0n) is 14.9. The smallest absolute Gasteiger partial charge is 0.282 e. The summed E-state index contributed by atoms with van der Waals surface area (Å²) in [5.41, 5.74) is 0.0316. The highest BCUT2D eigenvalue weighted by Gasteiger charge is 2.27. The maximum Gasteiger partial charge on any atom is 0.282 e. The highest BCUT2D eigenvalue weighted by Crippen LogP contribution is 2.20. The van der Waals surface area contributed by atoms with Crippen LogP contribution in [-0.2, 0) is 13.0 Å². The van der Waals surface area contributed by atoms with Crippen molar-refractivity contribution >= 4 is 11.6 Å². The van der Waals surface area contributed by atoms with E-state index < -0.39 is 4.92 Å². The first-order valence-electron chi connectivity index (χ1n) is 8.85. The molecule has 0 aliphatic carbocycles. The van der Waals surface area contributed by atoms with E-state index in [-0.39, 0.29) is 17.2 Å². The molecule has 3 rings (SSSR count). The van der Waals surface area contributed by atoms with Gasteiger partial charge in [0.1, 0.15) is 11.4 Å². The van der Waals surface area contributed by atoms with E-state index in [1.165, 1.54) is 12.1 Å². The van der Waals surface area contributed by atoms with Crippen LogP contribution in [0.2, 0.25) is 0 Å². The van der Waals surface area contributed by atoms with Gasteiger partial charge in [0.2, 0.25) is 0 Å². The number of piperazine rings is 1. The third kappa shape index (κ3) is 3.91. The van der Waals surface area contributed by atoms with E-state index in [0.717, 1.165) is 38.4 Å². The summed E-state index contributed by atoms with van der Waals surface area (Å²) in [4.78, 5) is 31.6. The van der Waals surface area contributed by atoms with Gasteiger partial charge in [0.25, 0.3) is 11.6 Å². The van der Waals surface area contributed by atoms with E-state index in [2.05, 4.69) is 21.4 Å². The monoisotopic (exact) mass is 357 g/mol. The van der Waals surface area contributed by atoms with Crippen molar-refractivity contribution < 1.29 is 9.72 Å². The number of carbonyl (C=O) groups excluding carboxylic acids is 1. The molecule has 1 fully saturated rings. The lowest BCUT2D eigenvalue weighted by Gasteiger charge is -2.34. The van der Waals surface area contributed by atoms with Crippen molar-refractivity contribution in [2.75, 3.05) is 32.7 Å². The fraction of sp³-hybridized carbons (Fsp3) is 0.444. The highest BCUT2D eigenvalue weighted by molar-refractivity contribution is 5.98. The molecule has 0 saturated carbocycles. The number of hydrogen-bond acceptors (Lipinski definition) is 5. The molecule has 0 atom stereocenters. The third-order valence-corrected chi connectivity index (χ3v) is 4.77. The Hall–Kier alpha value is -2.74. The van der Waals surface area contributed by atoms with Crippen molar-refractivity contribution in [2.45, 2.75) is 19.9 Å². The third-order valence-electron chi connectivity index (χ3n) is 4.77. The molecule has 8 nitrogen and oxygen atoms in total. The van der Waals surface area contributed by atoms with Crippen LogP contribution in [0.5, 0.6) is 0 Å². The van der Waals surface area contributed by atoms with Crippen molar-refractivity contribution in [3.05, 3.63) is 58.2 Å². The Labute approximate surface area is 152 Å². The van der Waals surface area contributed by atoms with Gasteiger partial charge in [-0.3, -0.25) is 19.8 Å². The second kappa shape index (κ2) is 8.09. The van der Waals surface area contributed by atoms with Crippen LogP contribution in [0.15, 0.2) is 36.7 Å².